The number of alkyl halides is 1. The third-order valence-corrected chi connectivity index (χ3v) is 1.93. The Morgan fingerprint density at radius 3 is 2.80 bits per heavy atom. The Bertz CT molecular complexity index is 455. The summed E-state index contributed by atoms with van der Waals surface area (Å²) >= 11 is 5.75. The van der Waals surface area contributed by atoms with Gasteiger partial charge in [0.15, 0.2) is 0 Å². The fourth-order valence-electron chi connectivity index (χ4n) is 1.01. The van der Waals surface area contributed by atoms with Crippen molar-refractivity contribution < 1.29 is 8.91 Å². The molecular weight excluding hydrogens is 221 g/mol. The second-order valence-corrected chi connectivity index (χ2v) is 3.59. The highest BCUT2D eigenvalue weighted by atomic mass is 35.5. The van der Waals surface area contributed by atoms with Gasteiger partial charge in [-0.15, -0.1) is 11.6 Å². The Balaban J connectivity index is 2.33. The van der Waals surface area contributed by atoms with Crippen molar-refractivity contribution >= 4 is 11.6 Å². The Morgan fingerprint density at radius 1 is 1.47 bits per heavy atom. The minimum atomic E-state index is -0.409. The van der Waals surface area contributed by atoms with Crippen LogP contribution in [-0.4, -0.2) is 15.1 Å². The third kappa shape index (κ3) is 2.12. The first kappa shape index (κ1) is 10.0. The smallest absolute Gasteiger partial charge is 0.244 e. The molecule has 0 aliphatic rings. The number of aromatic nitrogens is 3. The van der Waals surface area contributed by atoms with Crippen LogP contribution >= 0.6 is 11.6 Å². The number of hydrogen-bond acceptors (Lipinski definition) is 4. The SMILES string of the molecule is CC(Cl)c1nc(-c2ccc(F)cn2)no1. The first-order chi connectivity index (χ1) is 7.16. The van der Waals surface area contributed by atoms with Gasteiger partial charge in [-0.3, -0.25) is 0 Å². The van der Waals surface area contributed by atoms with Crippen molar-refractivity contribution in [1.82, 2.24) is 15.1 Å². The van der Waals surface area contributed by atoms with E-state index in [1.54, 1.807) is 6.92 Å². The summed E-state index contributed by atoms with van der Waals surface area (Å²) in [4.78, 5) is 7.83. The van der Waals surface area contributed by atoms with Gasteiger partial charge in [0.05, 0.1) is 6.20 Å². The van der Waals surface area contributed by atoms with E-state index >= 15 is 0 Å². The third-order valence-electron chi connectivity index (χ3n) is 1.74. The van der Waals surface area contributed by atoms with Gasteiger partial charge in [-0.2, -0.15) is 4.98 Å². The molecule has 2 aromatic heterocycles. The summed E-state index contributed by atoms with van der Waals surface area (Å²) in [7, 11) is 0. The van der Waals surface area contributed by atoms with E-state index in [-0.39, 0.29) is 5.38 Å². The quantitative estimate of drug-likeness (QED) is 0.740. The molecule has 0 fully saturated rings. The molecule has 15 heavy (non-hydrogen) atoms. The van der Waals surface area contributed by atoms with E-state index in [4.69, 9.17) is 16.1 Å². The predicted molar refractivity (Wildman–Crippen MR) is 51.8 cm³/mol. The van der Waals surface area contributed by atoms with E-state index in [2.05, 4.69) is 15.1 Å². The molecule has 2 aromatic rings. The summed E-state index contributed by atoms with van der Waals surface area (Å²) in [5.74, 6) is 0.212. The highest BCUT2D eigenvalue weighted by molar-refractivity contribution is 6.20. The maximum absolute atomic E-state index is 12.6. The lowest BCUT2D eigenvalue weighted by atomic mass is 10.3. The van der Waals surface area contributed by atoms with Crippen molar-refractivity contribution in [3.8, 4) is 11.5 Å². The van der Waals surface area contributed by atoms with Gasteiger partial charge < -0.3 is 4.52 Å². The fourth-order valence-corrected chi connectivity index (χ4v) is 1.10. The first-order valence-electron chi connectivity index (χ1n) is 4.26. The Hall–Kier alpha value is -1.49. The molecular formula is C9H7ClFN3O. The zero-order valence-electron chi connectivity index (χ0n) is 7.82. The Labute approximate surface area is 90.1 Å². The largest absolute Gasteiger partial charge is 0.337 e. The lowest BCUT2D eigenvalue weighted by Crippen LogP contribution is -1.88. The lowest BCUT2D eigenvalue weighted by Gasteiger charge is -1.92. The second kappa shape index (κ2) is 3.94. The highest BCUT2D eigenvalue weighted by Gasteiger charge is 2.13. The average molecular weight is 228 g/mol. The number of nitrogens with zero attached hydrogens (tertiary/aromatic N) is 3. The van der Waals surface area contributed by atoms with Crippen LogP contribution in [0.15, 0.2) is 22.9 Å². The highest BCUT2D eigenvalue weighted by Crippen LogP contribution is 2.20. The Kier molecular flexibility index (Phi) is 2.64. The summed E-state index contributed by atoms with van der Waals surface area (Å²) in [6.07, 6.45) is 1.09. The summed E-state index contributed by atoms with van der Waals surface area (Å²) in [6.45, 7) is 1.72. The molecule has 0 saturated heterocycles. The van der Waals surface area contributed by atoms with Gasteiger partial charge in [0.2, 0.25) is 11.7 Å². The minimum Gasteiger partial charge on any atom is -0.337 e. The van der Waals surface area contributed by atoms with E-state index in [9.17, 15) is 4.39 Å². The molecule has 1 atom stereocenters. The summed E-state index contributed by atoms with van der Waals surface area (Å²) in [5.41, 5.74) is 0.448. The summed E-state index contributed by atoms with van der Waals surface area (Å²) in [5, 5.41) is 3.33. The molecule has 0 spiro atoms. The van der Waals surface area contributed by atoms with Crippen molar-refractivity contribution in [2.75, 3.05) is 0 Å². The van der Waals surface area contributed by atoms with Crippen LogP contribution in [0.1, 0.15) is 18.2 Å². The molecule has 0 aromatic carbocycles. The standard InChI is InChI=1S/C9H7ClFN3O/c1-5(10)9-13-8(14-15-9)7-3-2-6(11)4-12-7/h2-5H,1H3. The molecule has 4 nitrogen and oxygen atoms in total. The molecule has 6 heteroatoms. The number of rotatable bonds is 2. The number of halogens is 2. The van der Waals surface area contributed by atoms with Crippen LogP contribution < -0.4 is 0 Å². The second-order valence-electron chi connectivity index (χ2n) is 2.93. The molecule has 2 heterocycles. The molecule has 0 aliphatic carbocycles. The van der Waals surface area contributed by atoms with Crippen molar-refractivity contribution in [2.24, 2.45) is 0 Å². The fraction of sp³-hybridized carbons (Fsp3) is 0.222. The molecule has 0 bridgehead atoms. The van der Waals surface area contributed by atoms with Crippen LogP contribution in [0.3, 0.4) is 0 Å². The molecule has 1 unspecified atom stereocenters. The zero-order chi connectivity index (χ0) is 10.8. The van der Waals surface area contributed by atoms with Crippen molar-refractivity contribution in [1.29, 1.82) is 0 Å². The monoisotopic (exact) mass is 227 g/mol. The van der Waals surface area contributed by atoms with E-state index in [1.807, 2.05) is 0 Å². The zero-order valence-corrected chi connectivity index (χ0v) is 8.57. The Morgan fingerprint density at radius 2 is 2.27 bits per heavy atom. The van der Waals surface area contributed by atoms with Gasteiger partial charge in [-0.25, -0.2) is 9.37 Å². The maximum Gasteiger partial charge on any atom is 0.244 e. The molecule has 0 N–H and O–H groups in total. The molecule has 0 radical (unpaired) electrons. The van der Waals surface area contributed by atoms with E-state index < -0.39 is 5.82 Å². The molecule has 0 aliphatic heterocycles. The topological polar surface area (TPSA) is 51.8 Å². The molecule has 2 rings (SSSR count). The molecule has 0 amide bonds. The number of hydrogen-bond donors (Lipinski definition) is 0. The molecule has 78 valence electrons. The lowest BCUT2D eigenvalue weighted by molar-refractivity contribution is 0.379. The number of pyridine rings is 1. The van der Waals surface area contributed by atoms with Crippen LogP contribution in [-0.2, 0) is 0 Å². The van der Waals surface area contributed by atoms with Crippen molar-refractivity contribution in [2.45, 2.75) is 12.3 Å². The van der Waals surface area contributed by atoms with Crippen molar-refractivity contribution in [3.63, 3.8) is 0 Å². The van der Waals surface area contributed by atoms with Gasteiger partial charge in [-0.1, -0.05) is 5.16 Å². The van der Waals surface area contributed by atoms with Gasteiger partial charge >= 0.3 is 0 Å². The molecule has 0 saturated carbocycles. The van der Waals surface area contributed by atoms with Gasteiger partial charge in [0, 0.05) is 0 Å². The summed E-state index contributed by atoms with van der Waals surface area (Å²) < 4.78 is 17.5. The van der Waals surface area contributed by atoms with Crippen LogP contribution in [0.2, 0.25) is 0 Å². The van der Waals surface area contributed by atoms with Crippen LogP contribution in [0.25, 0.3) is 11.5 Å². The van der Waals surface area contributed by atoms with E-state index in [0.29, 0.717) is 17.4 Å². The van der Waals surface area contributed by atoms with E-state index in [1.165, 1.54) is 12.1 Å². The van der Waals surface area contributed by atoms with Gasteiger partial charge in [-0.05, 0) is 19.1 Å². The van der Waals surface area contributed by atoms with Crippen LogP contribution in [0.5, 0.6) is 0 Å². The van der Waals surface area contributed by atoms with Gasteiger partial charge in [0.1, 0.15) is 16.9 Å². The average Bonchev–Trinajstić information content (AvgIpc) is 2.68. The van der Waals surface area contributed by atoms with E-state index in [0.717, 1.165) is 6.20 Å². The van der Waals surface area contributed by atoms with Crippen molar-refractivity contribution in [3.05, 3.63) is 30.0 Å². The maximum atomic E-state index is 12.6. The normalized spacial score (nSPS) is 12.7. The predicted octanol–water partition coefficient (Wildman–Crippen LogP) is 2.57. The van der Waals surface area contributed by atoms with Crippen LogP contribution in [0, 0.1) is 5.82 Å². The van der Waals surface area contributed by atoms with Gasteiger partial charge in [0.25, 0.3) is 0 Å². The minimum absolute atomic E-state index is 0.303. The first-order valence-corrected chi connectivity index (χ1v) is 4.70. The summed E-state index contributed by atoms with van der Waals surface area (Å²) in [6, 6.07) is 2.76. The van der Waals surface area contributed by atoms with Crippen LogP contribution in [0.4, 0.5) is 4.39 Å².